The number of aliphatic hydroxyl groups is 1. The first kappa shape index (κ1) is 22.5. The van der Waals surface area contributed by atoms with Crippen LogP contribution >= 0.6 is 12.2 Å². The molecule has 0 radical (unpaired) electrons. The number of hydrogen-bond donors (Lipinski definition) is 2. The molecule has 2 N–H and O–H groups in total. The Balaban J connectivity index is 1.76. The highest BCUT2D eigenvalue weighted by atomic mass is 32.1. The Morgan fingerprint density at radius 3 is 2.55 bits per heavy atom. The predicted octanol–water partition coefficient (Wildman–Crippen LogP) is 4.54. The lowest BCUT2D eigenvalue weighted by Crippen LogP contribution is -2.43. The average Bonchev–Trinajstić information content (AvgIpc) is 2.80. The summed E-state index contributed by atoms with van der Waals surface area (Å²) in [4.78, 5) is 14.4. The van der Waals surface area contributed by atoms with E-state index in [0.29, 0.717) is 18.1 Å². The summed E-state index contributed by atoms with van der Waals surface area (Å²) >= 11 is 5.59. The average molecular weight is 435 g/mol. The molecule has 0 aliphatic carbocycles. The fraction of sp³-hybridized carbons (Fsp3) is 0.200. The summed E-state index contributed by atoms with van der Waals surface area (Å²) < 4.78 is 5.14. The minimum Gasteiger partial charge on any atom is -0.497 e. The quantitative estimate of drug-likeness (QED) is 0.310. The zero-order valence-corrected chi connectivity index (χ0v) is 18.3. The van der Waals surface area contributed by atoms with Gasteiger partial charge in [-0.1, -0.05) is 48.5 Å². The largest absolute Gasteiger partial charge is 0.497 e. The molecule has 1 amide bonds. The Morgan fingerprint density at radius 1 is 1.06 bits per heavy atom. The number of hydrogen-bond acceptors (Lipinski definition) is 4. The van der Waals surface area contributed by atoms with Gasteiger partial charge in [0.25, 0.3) is 0 Å². The van der Waals surface area contributed by atoms with Crippen molar-refractivity contribution in [2.45, 2.75) is 12.8 Å². The molecule has 3 aromatic rings. The summed E-state index contributed by atoms with van der Waals surface area (Å²) in [5.74, 6) is 0.463. The van der Waals surface area contributed by atoms with Crippen LogP contribution in [0.4, 0.5) is 5.69 Å². The van der Waals surface area contributed by atoms with Gasteiger partial charge in [-0.05, 0) is 60.3 Å². The fourth-order valence-electron chi connectivity index (χ4n) is 3.26. The molecule has 0 spiro atoms. The molecule has 0 aliphatic heterocycles. The minimum absolute atomic E-state index is 0.118. The molecule has 31 heavy (non-hydrogen) atoms. The monoisotopic (exact) mass is 434 g/mol. The van der Waals surface area contributed by atoms with E-state index in [1.54, 1.807) is 13.2 Å². The van der Waals surface area contributed by atoms with Crippen LogP contribution in [0.3, 0.4) is 0 Å². The molecular weight excluding hydrogens is 408 g/mol. The Morgan fingerprint density at radius 2 is 1.81 bits per heavy atom. The number of amides is 1. The van der Waals surface area contributed by atoms with Crippen molar-refractivity contribution in [2.75, 3.05) is 25.2 Å². The van der Waals surface area contributed by atoms with Crippen LogP contribution in [0, 0.1) is 0 Å². The normalized spacial score (nSPS) is 10.9. The summed E-state index contributed by atoms with van der Waals surface area (Å²) in [6, 6.07) is 21.5. The number of anilines is 1. The molecule has 0 unspecified atom stereocenters. The van der Waals surface area contributed by atoms with E-state index in [1.807, 2.05) is 71.6 Å². The molecule has 0 bridgehead atoms. The lowest BCUT2D eigenvalue weighted by molar-refractivity contribution is -0.115. The highest BCUT2D eigenvalue weighted by Crippen LogP contribution is 2.27. The molecule has 0 fully saturated rings. The molecular formula is C25H26N2O3S. The van der Waals surface area contributed by atoms with Crippen molar-refractivity contribution in [1.29, 1.82) is 0 Å². The van der Waals surface area contributed by atoms with E-state index in [0.717, 1.165) is 34.2 Å². The summed E-state index contributed by atoms with van der Waals surface area (Å²) in [7, 11) is 1.61. The molecule has 3 rings (SSSR count). The number of methoxy groups -OCH3 is 1. The lowest BCUT2D eigenvalue weighted by atomic mass is 10.1. The van der Waals surface area contributed by atoms with Crippen LogP contribution in [0.2, 0.25) is 0 Å². The van der Waals surface area contributed by atoms with E-state index in [-0.39, 0.29) is 12.5 Å². The number of aliphatic hydroxyl groups excluding tert-OH is 1. The van der Waals surface area contributed by atoms with Crippen LogP contribution in [-0.4, -0.2) is 36.4 Å². The number of nitrogens with one attached hydrogen (secondary N) is 1. The second-order valence-corrected chi connectivity index (χ2v) is 7.37. The van der Waals surface area contributed by atoms with Crippen molar-refractivity contribution in [3.8, 4) is 5.75 Å². The van der Waals surface area contributed by atoms with Crippen LogP contribution in [0.5, 0.6) is 5.75 Å². The number of carbonyl (C=O) groups excluding carboxylic acids is 1. The maximum Gasteiger partial charge on any atom is 0.250 e. The SMILES string of the molecule is COc1ccc(/C=C/C(=O)NC(=S)N(CCCCO)c2cccc3ccccc23)cc1. The maximum absolute atomic E-state index is 12.5. The number of nitrogens with zero attached hydrogens (tertiary/aromatic N) is 1. The summed E-state index contributed by atoms with van der Waals surface area (Å²) in [5.41, 5.74) is 1.82. The first-order chi connectivity index (χ1) is 15.1. The van der Waals surface area contributed by atoms with E-state index >= 15 is 0 Å². The maximum atomic E-state index is 12.5. The Kier molecular flexibility index (Phi) is 8.15. The Hall–Kier alpha value is -3.22. The third kappa shape index (κ3) is 6.13. The summed E-state index contributed by atoms with van der Waals surface area (Å²) in [6.45, 7) is 0.711. The molecule has 0 aliphatic rings. The van der Waals surface area contributed by atoms with Gasteiger partial charge in [-0.15, -0.1) is 0 Å². The standard InChI is InChI=1S/C25H26N2O3S/c1-30-21-14-11-19(12-15-21)13-16-24(29)26-25(31)27(17-4-5-18-28)23-10-6-8-20-7-2-3-9-22(20)23/h2-3,6-16,28H,4-5,17-18H2,1H3,(H,26,29,31)/b16-13+. The van der Waals surface area contributed by atoms with Gasteiger partial charge in [-0.25, -0.2) is 0 Å². The Bertz CT molecular complexity index is 1060. The van der Waals surface area contributed by atoms with Crippen molar-refractivity contribution in [1.82, 2.24) is 5.32 Å². The molecule has 6 heteroatoms. The molecule has 0 heterocycles. The number of fused-ring (bicyclic) bond motifs is 1. The van der Waals surface area contributed by atoms with Gasteiger partial charge in [0.05, 0.1) is 12.8 Å². The van der Waals surface area contributed by atoms with Crippen LogP contribution in [0.25, 0.3) is 16.8 Å². The smallest absolute Gasteiger partial charge is 0.250 e. The third-order valence-electron chi connectivity index (χ3n) is 4.87. The highest BCUT2D eigenvalue weighted by molar-refractivity contribution is 7.80. The highest BCUT2D eigenvalue weighted by Gasteiger charge is 2.16. The minimum atomic E-state index is -0.298. The number of ether oxygens (including phenoxy) is 1. The summed E-state index contributed by atoms with van der Waals surface area (Å²) in [5, 5.41) is 14.5. The lowest BCUT2D eigenvalue weighted by Gasteiger charge is -2.26. The van der Waals surface area contributed by atoms with Crippen LogP contribution in [0.15, 0.2) is 72.8 Å². The zero-order valence-electron chi connectivity index (χ0n) is 17.5. The molecule has 0 saturated carbocycles. The number of benzene rings is 3. The first-order valence-corrected chi connectivity index (χ1v) is 10.6. The van der Waals surface area contributed by atoms with Crippen LogP contribution in [-0.2, 0) is 4.79 Å². The van der Waals surface area contributed by atoms with Crippen molar-refractivity contribution < 1.29 is 14.6 Å². The van der Waals surface area contributed by atoms with Gasteiger partial charge in [-0.3, -0.25) is 10.1 Å². The number of rotatable bonds is 8. The molecule has 0 atom stereocenters. The van der Waals surface area contributed by atoms with Gasteiger partial charge < -0.3 is 14.7 Å². The van der Waals surface area contributed by atoms with Gasteiger partial charge in [0, 0.05) is 24.6 Å². The van der Waals surface area contributed by atoms with Crippen LogP contribution < -0.4 is 15.0 Å². The second kappa shape index (κ2) is 11.2. The predicted molar refractivity (Wildman–Crippen MR) is 130 cm³/mol. The number of thiocarbonyl (C=S) groups is 1. The van der Waals surface area contributed by atoms with E-state index in [4.69, 9.17) is 17.0 Å². The van der Waals surface area contributed by atoms with Crippen molar-refractivity contribution in [2.24, 2.45) is 0 Å². The first-order valence-electron chi connectivity index (χ1n) is 10.2. The van der Waals surface area contributed by atoms with Gasteiger partial charge in [0.2, 0.25) is 5.91 Å². The van der Waals surface area contributed by atoms with Crippen molar-refractivity contribution >= 4 is 45.8 Å². The van der Waals surface area contributed by atoms with Gasteiger partial charge in [-0.2, -0.15) is 0 Å². The van der Waals surface area contributed by atoms with E-state index in [9.17, 15) is 9.90 Å². The van der Waals surface area contributed by atoms with Crippen molar-refractivity contribution in [3.05, 3.63) is 78.4 Å². The molecule has 5 nitrogen and oxygen atoms in total. The second-order valence-electron chi connectivity index (χ2n) is 6.98. The van der Waals surface area contributed by atoms with Gasteiger partial charge >= 0.3 is 0 Å². The van der Waals surface area contributed by atoms with E-state index in [1.165, 1.54) is 6.08 Å². The molecule has 0 aromatic heterocycles. The number of carbonyl (C=O) groups is 1. The molecule has 3 aromatic carbocycles. The summed E-state index contributed by atoms with van der Waals surface area (Å²) in [6.07, 6.45) is 4.60. The molecule has 0 saturated heterocycles. The van der Waals surface area contributed by atoms with Crippen LogP contribution in [0.1, 0.15) is 18.4 Å². The topological polar surface area (TPSA) is 61.8 Å². The Labute approximate surface area is 188 Å². The zero-order chi connectivity index (χ0) is 22.1. The van der Waals surface area contributed by atoms with E-state index in [2.05, 4.69) is 5.32 Å². The van der Waals surface area contributed by atoms with Gasteiger partial charge in [0.15, 0.2) is 5.11 Å². The number of unbranched alkanes of at least 4 members (excludes halogenated alkanes) is 1. The third-order valence-corrected chi connectivity index (χ3v) is 5.19. The molecule has 160 valence electrons. The fourth-order valence-corrected chi connectivity index (χ4v) is 3.55. The van der Waals surface area contributed by atoms with Gasteiger partial charge in [0.1, 0.15) is 5.75 Å². The van der Waals surface area contributed by atoms with E-state index < -0.39 is 0 Å². The van der Waals surface area contributed by atoms with Crippen molar-refractivity contribution in [3.63, 3.8) is 0 Å².